The lowest BCUT2D eigenvalue weighted by Gasteiger charge is -2.10. The van der Waals surface area contributed by atoms with Gasteiger partial charge in [-0.05, 0) is 28.3 Å². The first-order chi connectivity index (χ1) is 10.7. The van der Waals surface area contributed by atoms with Gasteiger partial charge in [-0.15, -0.1) is 0 Å². The van der Waals surface area contributed by atoms with E-state index in [4.69, 9.17) is 5.73 Å². The Balaban J connectivity index is 0.000000196. The van der Waals surface area contributed by atoms with Crippen LogP contribution in [-0.4, -0.2) is 11.9 Å². The summed E-state index contributed by atoms with van der Waals surface area (Å²) in [6.07, 6.45) is 4.24. The Morgan fingerprint density at radius 1 is 1.05 bits per heavy atom. The lowest BCUT2D eigenvalue weighted by Crippen LogP contribution is -2.45. The van der Waals surface area contributed by atoms with Crippen molar-refractivity contribution >= 4 is 17.9 Å². The molecular weight excluding hydrogens is 276 g/mol. The van der Waals surface area contributed by atoms with Crippen LogP contribution in [0.25, 0.3) is 17.2 Å². The van der Waals surface area contributed by atoms with Crippen molar-refractivity contribution in [3.63, 3.8) is 0 Å². The first kappa shape index (κ1) is 13.9. The first-order valence-electron chi connectivity index (χ1n) is 6.95. The van der Waals surface area contributed by atoms with Gasteiger partial charge >= 0.3 is 6.03 Å². The molecule has 0 bridgehead atoms. The van der Waals surface area contributed by atoms with Gasteiger partial charge in [-0.3, -0.25) is 10.9 Å². The smallest absolute Gasteiger partial charge is 0.330 e. The molecule has 5 nitrogen and oxygen atoms in total. The molecule has 2 aliphatic carbocycles. The molecule has 0 saturated heterocycles. The van der Waals surface area contributed by atoms with Crippen LogP contribution < -0.4 is 16.6 Å². The summed E-state index contributed by atoms with van der Waals surface area (Å²) in [5.74, 6) is 0.653. The summed E-state index contributed by atoms with van der Waals surface area (Å²) in [5, 5.41) is 0. The molecule has 0 radical (unpaired) electrons. The van der Waals surface area contributed by atoms with Gasteiger partial charge in [-0.2, -0.15) is 0 Å². The van der Waals surface area contributed by atoms with Crippen LogP contribution in [0.1, 0.15) is 11.1 Å². The van der Waals surface area contributed by atoms with E-state index in [-0.39, 0.29) is 0 Å². The second-order valence-corrected chi connectivity index (χ2v) is 4.96. The fourth-order valence-corrected chi connectivity index (χ4v) is 2.16. The number of carbonyl (C=O) groups is 1. The van der Waals surface area contributed by atoms with Crippen LogP contribution in [0.3, 0.4) is 0 Å². The number of urea groups is 1. The van der Waals surface area contributed by atoms with Crippen molar-refractivity contribution < 1.29 is 4.79 Å². The molecule has 22 heavy (non-hydrogen) atoms. The van der Waals surface area contributed by atoms with E-state index in [1.54, 1.807) is 6.20 Å². The second kappa shape index (κ2) is 6.13. The van der Waals surface area contributed by atoms with E-state index >= 15 is 0 Å². The summed E-state index contributed by atoms with van der Waals surface area (Å²) in [6, 6.07) is 15.8. The normalized spacial score (nSPS) is 12.8. The standard InChI is InChI=1S/C11H12N4O.C6H4/c12-11(16)15-14-10-7-9-4-2-1-3-8(9)5-6-13-10;1-2-6-4-3-5(1)6/h1-6H,7H2,(H,13,14)(H3,12,15,16);1-4H. The molecule has 1 aromatic carbocycles. The molecule has 1 aliphatic heterocycles. The van der Waals surface area contributed by atoms with Crippen LogP contribution in [0, 0.1) is 0 Å². The molecule has 4 rings (SSSR count). The van der Waals surface area contributed by atoms with Crippen molar-refractivity contribution in [1.82, 2.24) is 10.9 Å². The van der Waals surface area contributed by atoms with Gasteiger partial charge in [0.2, 0.25) is 0 Å². The zero-order valence-corrected chi connectivity index (χ0v) is 11.9. The van der Waals surface area contributed by atoms with Crippen molar-refractivity contribution in [2.24, 2.45) is 10.7 Å². The Morgan fingerprint density at radius 3 is 2.32 bits per heavy atom. The van der Waals surface area contributed by atoms with Gasteiger partial charge in [0.15, 0.2) is 0 Å². The predicted octanol–water partition coefficient (Wildman–Crippen LogP) is 2.45. The fourth-order valence-electron chi connectivity index (χ4n) is 2.16. The molecule has 0 unspecified atom stereocenters. The monoisotopic (exact) mass is 292 g/mol. The molecule has 1 aromatic rings. The minimum Gasteiger partial charge on any atom is -0.350 e. The van der Waals surface area contributed by atoms with Crippen molar-refractivity contribution in [2.45, 2.75) is 6.42 Å². The van der Waals surface area contributed by atoms with E-state index in [0.717, 1.165) is 11.1 Å². The van der Waals surface area contributed by atoms with E-state index in [1.165, 1.54) is 11.1 Å². The van der Waals surface area contributed by atoms with E-state index < -0.39 is 6.03 Å². The summed E-state index contributed by atoms with van der Waals surface area (Å²) >= 11 is 0. The molecule has 0 aromatic heterocycles. The second-order valence-electron chi connectivity index (χ2n) is 4.96. The Morgan fingerprint density at radius 2 is 1.73 bits per heavy atom. The number of nitrogens with two attached hydrogens (primary N) is 1. The number of nitrogens with zero attached hydrogens (tertiary/aromatic N) is 1. The highest BCUT2D eigenvalue weighted by molar-refractivity contribution is 5.88. The van der Waals surface area contributed by atoms with Crippen LogP contribution >= 0.6 is 0 Å². The van der Waals surface area contributed by atoms with Gasteiger partial charge in [0.05, 0.1) is 0 Å². The lowest BCUT2D eigenvalue weighted by molar-refractivity contribution is 0.247. The van der Waals surface area contributed by atoms with Gasteiger partial charge < -0.3 is 5.73 Å². The number of amidine groups is 1. The molecule has 3 aliphatic rings. The van der Waals surface area contributed by atoms with E-state index in [1.807, 2.05) is 30.3 Å². The number of benzene rings is 2. The number of hydrogen-bond acceptors (Lipinski definition) is 3. The maximum absolute atomic E-state index is 10.5. The Kier molecular flexibility index (Phi) is 3.87. The van der Waals surface area contributed by atoms with Gasteiger partial charge in [0, 0.05) is 12.6 Å². The van der Waals surface area contributed by atoms with Crippen LogP contribution in [0.5, 0.6) is 0 Å². The molecule has 0 atom stereocenters. The van der Waals surface area contributed by atoms with Crippen molar-refractivity contribution in [3.8, 4) is 11.1 Å². The van der Waals surface area contributed by atoms with E-state index in [2.05, 4.69) is 40.1 Å². The Hall–Kier alpha value is -3.08. The summed E-state index contributed by atoms with van der Waals surface area (Å²) in [4.78, 5) is 14.7. The number of aliphatic imine (C=N–C) groups is 1. The first-order valence-corrected chi connectivity index (χ1v) is 6.95. The maximum Gasteiger partial charge on any atom is 0.330 e. The van der Waals surface area contributed by atoms with E-state index in [0.29, 0.717) is 12.3 Å². The molecule has 2 amide bonds. The highest BCUT2D eigenvalue weighted by atomic mass is 16.2. The van der Waals surface area contributed by atoms with E-state index in [9.17, 15) is 4.79 Å². The van der Waals surface area contributed by atoms with Gasteiger partial charge in [-0.1, -0.05) is 48.5 Å². The number of amides is 2. The van der Waals surface area contributed by atoms with Gasteiger partial charge in [-0.25, -0.2) is 9.79 Å². The highest BCUT2D eigenvalue weighted by Gasteiger charge is 2.07. The highest BCUT2D eigenvalue weighted by Crippen LogP contribution is 2.29. The molecule has 4 N–H and O–H groups in total. The van der Waals surface area contributed by atoms with Crippen LogP contribution in [0.15, 0.2) is 59.7 Å². The summed E-state index contributed by atoms with van der Waals surface area (Å²) in [5.41, 5.74) is 15.1. The number of rotatable bonds is 0. The van der Waals surface area contributed by atoms with Gasteiger partial charge in [0.1, 0.15) is 5.84 Å². The SMILES string of the molecule is NC(=O)NNC1=NC=Cc2ccccc2C1.c1cc2ccc1-2. The fraction of sp³-hybridized carbons (Fsp3) is 0.0588. The molecule has 0 saturated carbocycles. The number of hydrogen-bond donors (Lipinski definition) is 3. The summed E-state index contributed by atoms with van der Waals surface area (Å²) in [7, 11) is 0. The number of primary amides is 1. The third-order valence-corrected chi connectivity index (χ3v) is 3.45. The molecular formula is C17H16N4O. The Labute approximate surface area is 128 Å². The van der Waals surface area contributed by atoms with Gasteiger partial charge in [0.25, 0.3) is 0 Å². The van der Waals surface area contributed by atoms with Crippen LogP contribution in [-0.2, 0) is 6.42 Å². The quantitative estimate of drug-likeness (QED) is 0.556. The maximum atomic E-state index is 10.5. The molecule has 1 heterocycles. The lowest BCUT2D eigenvalue weighted by atomic mass is 9.95. The minimum atomic E-state index is -0.635. The van der Waals surface area contributed by atoms with Crippen LogP contribution in [0.4, 0.5) is 4.79 Å². The summed E-state index contributed by atoms with van der Waals surface area (Å²) in [6.45, 7) is 0. The van der Waals surface area contributed by atoms with Crippen molar-refractivity contribution in [2.75, 3.05) is 0 Å². The number of nitrogens with one attached hydrogen (secondary N) is 2. The molecule has 0 spiro atoms. The molecule has 110 valence electrons. The average molecular weight is 292 g/mol. The summed E-state index contributed by atoms with van der Waals surface area (Å²) < 4.78 is 0. The third kappa shape index (κ3) is 3.15. The third-order valence-electron chi connectivity index (χ3n) is 3.45. The van der Waals surface area contributed by atoms with Crippen LogP contribution in [0.2, 0.25) is 0 Å². The zero-order chi connectivity index (χ0) is 15.4. The van der Waals surface area contributed by atoms with Crippen molar-refractivity contribution in [3.05, 3.63) is 65.9 Å². The number of hydrazine groups is 1. The predicted molar refractivity (Wildman–Crippen MR) is 87.9 cm³/mol. The minimum absolute atomic E-state index is 0.628. The average Bonchev–Trinajstić information content (AvgIpc) is 2.71. The molecule has 0 fully saturated rings. The van der Waals surface area contributed by atoms with Crippen molar-refractivity contribution in [1.29, 1.82) is 0 Å². The number of fused-ring (bicyclic) bond motifs is 2. The Bertz CT molecular complexity index is 727. The molecule has 5 heteroatoms. The zero-order valence-electron chi connectivity index (χ0n) is 11.9. The topological polar surface area (TPSA) is 79.5 Å². The largest absolute Gasteiger partial charge is 0.350 e. The number of carbonyl (C=O) groups excluding carboxylic acids is 1.